The van der Waals surface area contributed by atoms with Gasteiger partial charge in [0.2, 0.25) is 0 Å². The van der Waals surface area contributed by atoms with Crippen molar-refractivity contribution in [1.29, 1.82) is 0 Å². The summed E-state index contributed by atoms with van der Waals surface area (Å²) in [4.78, 5) is 26.3. The zero-order chi connectivity index (χ0) is 16.7. The molecule has 0 N–H and O–H groups in total. The lowest BCUT2D eigenvalue weighted by molar-refractivity contribution is 0.0926. The van der Waals surface area contributed by atoms with Crippen LogP contribution < -0.4 is 4.90 Å². The maximum atomic E-state index is 12.5. The predicted octanol–water partition coefficient (Wildman–Crippen LogP) is 4.46. The van der Waals surface area contributed by atoms with Crippen molar-refractivity contribution in [1.82, 2.24) is 0 Å². The molecule has 0 unspecified atom stereocenters. The fourth-order valence-electron chi connectivity index (χ4n) is 3.11. The molecule has 1 aliphatic heterocycles. The Morgan fingerprint density at radius 1 is 0.625 bits per heavy atom. The van der Waals surface area contributed by atoms with Gasteiger partial charge in [-0.3, -0.25) is 9.59 Å². The molecular formula is C21H15NO2. The summed E-state index contributed by atoms with van der Waals surface area (Å²) in [5.41, 5.74) is 4.92. The van der Waals surface area contributed by atoms with Gasteiger partial charge in [0.15, 0.2) is 0 Å². The summed E-state index contributed by atoms with van der Waals surface area (Å²) in [6, 6.07) is 22.6. The third-order valence-electron chi connectivity index (χ3n) is 4.38. The van der Waals surface area contributed by atoms with E-state index in [1.807, 2.05) is 36.4 Å². The van der Waals surface area contributed by atoms with Crippen molar-refractivity contribution < 1.29 is 9.59 Å². The van der Waals surface area contributed by atoms with Crippen LogP contribution in [-0.2, 0) is 0 Å². The van der Waals surface area contributed by atoms with Crippen LogP contribution in [0.3, 0.4) is 0 Å². The Kier molecular flexibility index (Phi) is 3.28. The Morgan fingerprint density at radius 3 is 1.67 bits per heavy atom. The highest BCUT2D eigenvalue weighted by Gasteiger charge is 2.36. The summed E-state index contributed by atoms with van der Waals surface area (Å²) in [7, 11) is 0. The topological polar surface area (TPSA) is 37.4 Å². The summed E-state index contributed by atoms with van der Waals surface area (Å²) in [5, 5.41) is 0. The minimum atomic E-state index is -0.265. The first-order valence-corrected chi connectivity index (χ1v) is 7.81. The van der Waals surface area contributed by atoms with Crippen molar-refractivity contribution in [3.05, 3.63) is 89.5 Å². The minimum Gasteiger partial charge on any atom is -0.268 e. The first-order chi connectivity index (χ1) is 11.7. The molecule has 0 saturated carbocycles. The predicted molar refractivity (Wildman–Crippen MR) is 94.2 cm³/mol. The number of amides is 2. The van der Waals surface area contributed by atoms with E-state index in [1.54, 1.807) is 24.3 Å². The molecule has 1 aliphatic rings. The Morgan fingerprint density at radius 2 is 1.12 bits per heavy atom. The van der Waals surface area contributed by atoms with Crippen molar-refractivity contribution in [2.45, 2.75) is 6.92 Å². The van der Waals surface area contributed by atoms with E-state index in [0.29, 0.717) is 16.8 Å². The number of aryl methyl sites for hydroxylation is 1. The van der Waals surface area contributed by atoms with Gasteiger partial charge >= 0.3 is 0 Å². The number of hydrogen-bond acceptors (Lipinski definition) is 2. The molecule has 1 heterocycles. The number of nitrogens with zero attached hydrogens (tertiary/aromatic N) is 1. The van der Waals surface area contributed by atoms with Gasteiger partial charge in [-0.25, -0.2) is 4.90 Å². The summed E-state index contributed by atoms with van der Waals surface area (Å²) in [6.07, 6.45) is 0. The van der Waals surface area contributed by atoms with Crippen LogP contribution in [-0.4, -0.2) is 11.8 Å². The maximum absolute atomic E-state index is 12.5. The van der Waals surface area contributed by atoms with Gasteiger partial charge in [-0.2, -0.15) is 0 Å². The number of hydrogen-bond donors (Lipinski definition) is 0. The average Bonchev–Trinajstić information content (AvgIpc) is 2.87. The van der Waals surface area contributed by atoms with Crippen molar-refractivity contribution in [3.63, 3.8) is 0 Å². The van der Waals surface area contributed by atoms with Crippen molar-refractivity contribution in [3.8, 4) is 11.1 Å². The van der Waals surface area contributed by atoms with Crippen LogP contribution in [0, 0.1) is 6.92 Å². The first kappa shape index (κ1) is 14.4. The molecule has 2 amide bonds. The van der Waals surface area contributed by atoms with Crippen molar-refractivity contribution in [2.24, 2.45) is 0 Å². The van der Waals surface area contributed by atoms with Gasteiger partial charge in [0.25, 0.3) is 11.8 Å². The van der Waals surface area contributed by atoms with Gasteiger partial charge in [-0.15, -0.1) is 0 Å². The molecule has 0 saturated heterocycles. The molecule has 0 atom stereocenters. The van der Waals surface area contributed by atoms with Crippen molar-refractivity contribution >= 4 is 17.5 Å². The van der Waals surface area contributed by atoms with Crippen LogP contribution in [0.25, 0.3) is 11.1 Å². The molecule has 24 heavy (non-hydrogen) atoms. The lowest BCUT2D eigenvalue weighted by atomic mass is 10.0. The van der Waals surface area contributed by atoms with Crippen LogP contribution in [0.5, 0.6) is 0 Å². The number of benzene rings is 3. The molecule has 0 aliphatic carbocycles. The standard InChI is InChI=1S/C21H15NO2/c1-14-6-2-3-7-17(14)15-10-12-16(13-11-15)22-20(23)18-8-4-5-9-19(18)21(22)24/h2-13H,1H3. The normalized spacial score (nSPS) is 13.3. The number of anilines is 1. The number of carbonyl (C=O) groups is 2. The zero-order valence-electron chi connectivity index (χ0n) is 13.2. The minimum absolute atomic E-state index is 0.265. The van der Waals surface area contributed by atoms with E-state index in [0.717, 1.165) is 11.1 Å². The molecule has 3 aromatic carbocycles. The molecule has 0 fully saturated rings. The van der Waals surface area contributed by atoms with Crippen LogP contribution >= 0.6 is 0 Å². The lowest BCUT2D eigenvalue weighted by Crippen LogP contribution is -2.29. The highest BCUT2D eigenvalue weighted by atomic mass is 16.2. The second-order valence-corrected chi connectivity index (χ2v) is 5.85. The lowest BCUT2D eigenvalue weighted by Gasteiger charge is -2.15. The summed E-state index contributed by atoms with van der Waals surface area (Å²) in [6.45, 7) is 2.06. The molecule has 0 bridgehead atoms. The fourth-order valence-corrected chi connectivity index (χ4v) is 3.11. The number of fused-ring (bicyclic) bond motifs is 1. The Balaban J connectivity index is 1.71. The smallest absolute Gasteiger partial charge is 0.266 e. The van der Waals surface area contributed by atoms with Gasteiger partial charge in [-0.1, -0.05) is 48.5 Å². The largest absolute Gasteiger partial charge is 0.268 e. The summed E-state index contributed by atoms with van der Waals surface area (Å²) < 4.78 is 0. The first-order valence-electron chi connectivity index (χ1n) is 7.81. The van der Waals surface area contributed by atoms with Gasteiger partial charge in [0.1, 0.15) is 0 Å². The van der Waals surface area contributed by atoms with Gasteiger partial charge in [-0.05, 0) is 47.9 Å². The molecule has 3 nitrogen and oxygen atoms in total. The SMILES string of the molecule is Cc1ccccc1-c1ccc(N2C(=O)c3ccccc3C2=O)cc1. The molecule has 3 aromatic rings. The second kappa shape index (κ2) is 5.46. The summed E-state index contributed by atoms with van der Waals surface area (Å²) >= 11 is 0. The third kappa shape index (κ3) is 2.14. The van der Waals surface area contributed by atoms with E-state index in [4.69, 9.17) is 0 Å². The van der Waals surface area contributed by atoms with Crippen LogP contribution in [0.15, 0.2) is 72.8 Å². The zero-order valence-corrected chi connectivity index (χ0v) is 13.2. The number of rotatable bonds is 2. The number of imide groups is 1. The summed E-state index contributed by atoms with van der Waals surface area (Å²) in [5.74, 6) is -0.529. The fraction of sp³-hybridized carbons (Fsp3) is 0.0476. The number of carbonyl (C=O) groups excluding carboxylic acids is 2. The second-order valence-electron chi connectivity index (χ2n) is 5.85. The molecule has 0 aromatic heterocycles. The van der Waals surface area contributed by atoms with E-state index in [9.17, 15) is 9.59 Å². The van der Waals surface area contributed by atoms with Gasteiger partial charge < -0.3 is 0 Å². The molecule has 4 rings (SSSR count). The van der Waals surface area contributed by atoms with Crippen LogP contribution in [0.2, 0.25) is 0 Å². The molecular weight excluding hydrogens is 298 g/mol. The highest BCUT2D eigenvalue weighted by molar-refractivity contribution is 6.34. The van der Waals surface area contributed by atoms with E-state index >= 15 is 0 Å². The Bertz CT molecular complexity index is 923. The van der Waals surface area contributed by atoms with Crippen LogP contribution in [0.1, 0.15) is 26.3 Å². The Labute approximate surface area is 140 Å². The highest BCUT2D eigenvalue weighted by Crippen LogP contribution is 2.30. The van der Waals surface area contributed by atoms with Crippen LogP contribution in [0.4, 0.5) is 5.69 Å². The van der Waals surface area contributed by atoms with Gasteiger partial charge in [0.05, 0.1) is 16.8 Å². The Hall–Kier alpha value is -3.20. The quantitative estimate of drug-likeness (QED) is 0.655. The van der Waals surface area contributed by atoms with E-state index in [1.165, 1.54) is 10.5 Å². The molecule has 116 valence electrons. The van der Waals surface area contributed by atoms with Gasteiger partial charge in [0, 0.05) is 0 Å². The maximum Gasteiger partial charge on any atom is 0.266 e. The monoisotopic (exact) mass is 313 g/mol. The average molecular weight is 313 g/mol. The van der Waals surface area contributed by atoms with E-state index in [-0.39, 0.29) is 11.8 Å². The third-order valence-corrected chi connectivity index (χ3v) is 4.38. The van der Waals surface area contributed by atoms with E-state index < -0.39 is 0 Å². The van der Waals surface area contributed by atoms with Crippen molar-refractivity contribution in [2.75, 3.05) is 4.90 Å². The molecule has 0 spiro atoms. The molecule has 0 radical (unpaired) electrons. The van der Waals surface area contributed by atoms with E-state index in [2.05, 4.69) is 19.1 Å². The molecule has 3 heteroatoms.